The third-order valence-corrected chi connectivity index (χ3v) is 2.23. The third kappa shape index (κ3) is 2.42. The lowest BCUT2D eigenvalue weighted by Gasteiger charge is -2.12. The first-order chi connectivity index (χ1) is 8.31. The van der Waals surface area contributed by atoms with Gasteiger partial charge in [0.2, 0.25) is 11.7 Å². The van der Waals surface area contributed by atoms with Gasteiger partial charge in [0.15, 0.2) is 23.3 Å². The SMILES string of the molecule is CC[C@H](N)C(=O)Nc1c(F)c(F)c(F)c(F)c1F. The van der Waals surface area contributed by atoms with E-state index >= 15 is 0 Å². The molecule has 0 bridgehead atoms. The van der Waals surface area contributed by atoms with Gasteiger partial charge < -0.3 is 11.1 Å². The number of anilines is 1. The molecular weight excluding hydrogens is 259 g/mol. The van der Waals surface area contributed by atoms with Crippen molar-refractivity contribution in [2.75, 3.05) is 5.32 Å². The van der Waals surface area contributed by atoms with Gasteiger partial charge in [-0.05, 0) is 6.42 Å². The minimum Gasteiger partial charge on any atom is -0.320 e. The zero-order valence-corrected chi connectivity index (χ0v) is 9.16. The van der Waals surface area contributed by atoms with Crippen LogP contribution in [-0.2, 0) is 4.79 Å². The highest BCUT2D eigenvalue weighted by Crippen LogP contribution is 2.27. The van der Waals surface area contributed by atoms with E-state index in [0.29, 0.717) is 0 Å². The molecule has 1 aromatic rings. The Balaban J connectivity index is 3.22. The maximum atomic E-state index is 13.2. The summed E-state index contributed by atoms with van der Waals surface area (Å²) >= 11 is 0. The van der Waals surface area contributed by atoms with Crippen molar-refractivity contribution >= 4 is 11.6 Å². The number of nitrogens with two attached hydrogens (primary N) is 1. The van der Waals surface area contributed by atoms with Gasteiger partial charge in [-0.2, -0.15) is 0 Å². The molecule has 0 aliphatic rings. The summed E-state index contributed by atoms with van der Waals surface area (Å²) in [5.74, 6) is -11.8. The third-order valence-electron chi connectivity index (χ3n) is 2.23. The molecule has 1 amide bonds. The summed E-state index contributed by atoms with van der Waals surface area (Å²) in [5, 5.41) is 1.58. The normalized spacial score (nSPS) is 12.4. The van der Waals surface area contributed by atoms with Crippen LogP contribution in [0.2, 0.25) is 0 Å². The molecule has 0 aromatic heterocycles. The molecule has 0 saturated heterocycles. The van der Waals surface area contributed by atoms with Gasteiger partial charge in [0, 0.05) is 0 Å². The molecule has 3 nitrogen and oxygen atoms in total. The lowest BCUT2D eigenvalue weighted by Crippen LogP contribution is -2.35. The Labute approximate surface area is 98.8 Å². The van der Waals surface area contributed by atoms with Crippen LogP contribution in [0.3, 0.4) is 0 Å². The monoisotopic (exact) mass is 268 g/mol. The quantitative estimate of drug-likeness (QED) is 0.501. The van der Waals surface area contributed by atoms with E-state index in [4.69, 9.17) is 5.73 Å². The summed E-state index contributed by atoms with van der Waals surface area (Å²) in [6.45, 7) is 1.52. The van der Waals surface area contributed by atoms with Crippen LogP contribution in [0.5, 0.6) is 0 Å². The fraction of sp³-hybridized carbons (Fsp3) is 0.300. The first kappa shape index (κ1) is 14.4. The van der Waals surface area contributed by atoms with Gasteiger partial charge in [-0.15, -0.1) is 0 Å². The van der Waals surface area contributed by atoms with E-state index < -0.39 is 46.7 Å². The summed E-state index contributed by atoms with van der Waals surface area (Å²) in [7, 11) is 0. The maximum absolute atomic E-state index is 13.2. The highest BCUT2D eigenvalue weighted by atomic mass is 19.2. The zero-order chi connectivity index (χ0) is 14.0. The first-order valence-electron chi connectivity index (χ1n) is 4.89. The molecule has 0 aliphatic heterocycles. The molecule has 100 valence electrons. The number of nitrogens with one attached hydrogen (secondary N) is 1. The molecule has 3 N–H and O–H groups in total. The lowest BCUT2D eigenvalue weighted by atomic mass is 10.2. The van der Waals surface area contributed by atoms with Gasteiger partial charge in [0.05, 0.1) is 6.04 Å². The van der Waals surface area contributed by atoms with Gasteiger partial charge in [-0.1, -0.05) is 6.92 Å². The molecule has 0 radical (unpaired) electrons. The van der Waals surface area contributed by atoms with Crippen molar-refractivity contribution in [1.82, 2.24) is 0 Å². The van der Waals surface area contributed by atoms with E-state index in [1.165, 1.54) is 6.92 Å². The predicted molar refractivity (Wildman–Crippen MR) is 53.1 cm³/mol. The zero-order valence-electron chi connectivity index (χ0n) is 9.16. The Morgan fingerprint density at radius 1 is 1.06 bits per heavy atom. The lowest BCUT2D eigenvalue weighted by molar-refractivity contribution is -0.117. The van der Waals surface area contributed by atoms with E-state index in [-0.39, 0.29) is 6.42 Å². The van der Waals surface area contributed by atoms with Gasteiger partial charge >= 0.3 is 0 Å². The van der Waals surface area contributed by atoms with E-state index in [9.17, 15) is 26.7 Å². The minimum absolute atomic E-state index is 0.140. The van der Waals surface area contributed by atoms with Crippen LogP contribution in [0.25, 0.3) is 0 Å². The smallest absolute Gasteiger partial charge is 0.241 e. The summed E-state index contributed by atoms with van der Waals surface area (Å²) in [4.78, 5) is 11.2. The Hall–Kier alpha value is -1.70. The molecule has 8 heteroatoms. The average Bonchev–Trinajstić information content (AvgIpc) is 2.37. The Kier molecular flexibility index (Phi) is 4.23. The summed E-state index contributed by atoms with van der Waals surface area (Å²) in [5.41, 5.74) is 3.85. The molecule has 0 spiro atoms. The van der Waals surface area contributed by atoms with Crippen molar-refractivity contribution in [3.05, 3.63) is 29.1 Å². The number of benzene rings is 1. The average molecular weight is 268 g/mol. The van der Waals surface area contributed by atoms with E-state index in [0.717, 1.165) is 0 Å². The number of hydrogen-bond donors (Lipinski definition) is 2. The van der Waals surface area contributed by atoms with Crippen LogP contribution in [0.4, 0.5) is 27.6 Å². The highest BCUT2D eigenvalue weighted by molar-refractivity contribution is 5.94. The molecule has 0 aliphatic carbocycles. The number of amides is 1. The molecule has 0 saturated carbocycles. The maximum Gasteiger partial charge on any atom is 0.241 e. The Bertz CT molecular complexity index is 463. The van der Waals surface area contributed by atoms with Crippen LogP contribution in [0.1, 0.15) is 13.3 Å². The topological polar surface area (TPSA) is 55.1 Å². The van der Waals surface area contributed by atoms with Gasteiger partial charge in [-0.25, -0.2) is 22.0 Å². The second kappa shape index (κ2) is 5.30. The number of halogens is 5. The largest absolute Gasteiger partial charge is 0.320 e. The molecule has 0 fully saturated rings. The fourth-order valence-electron chi connectivity index (χ4n) is 1.12. The van der Waals surface area contributed by atoms with E-state index in [2.05, 4.69) is 0 Å². The Morgan fingerprint density at radius 3 is 1.83 bits per heavy atom. The second-order valence-electron chi connectivity index (χ2n) is 3.45. The summed E-state index contributed by atoms with van der Waals surface area (Å²) in [6.07, 6.45) is 0.140. The summed E-state index contributed by atoms with van der Waals surface area (Å²) < 4.78 is 64.6. The first-order valence-corrected chi connectivity index (χ1v) is 4.89. The van der Waals surface area contributed by atoms with E-state index in [1.54, 1.807) is 5.32 Å². The van der Waals surface area contributed by atoms with Crippen molar-refractivity contribution in [2.45, 2.75) is 19.4 Å². The standard InChI is InChI=1S/C10H9F5N2O/c1-2-3(16)10(18)17-9-7(14)5(12)4(11)6(13)8(9)15/h3H,2,16H2,1H3,(H,17,18)/t3-/m0/s1. The van der Waals surface area contributed by atoms with Crippen LogP contribution in [0.15, 0.2) is 0 Å². The van der Waals surface area contributed by atoms with Crippen molar-refractivity contribution in [3.8, 4) is 0 Å². The number of hydrogen-bond acceptors (Lipinski definition) is 2. The van der Waals surface area contributed by atoms with Crippen LogP contribution in [0, 0.1) is 29.1 Å². The van der Waals surface area contributed by atoms with E-state index in [1.807, 2.05) is 0 Å². The second-order valence-corrected chi connectivity index (χ2v) is 3.45. The molecule has 18 heavy (non-hydrogen) atoms. The molecule has 1 aromatic carbocycles. The summed E-state index contributed by atoms with van der Waals surface area (Å²) in [6, 6.07) is -1.11. The van der Waals surface area contributed by atoms with Crippen LogP contribution >= 0.6 is 0 Å². The van der Waals surface area contributed by atoms with Crippen LogP contribution in [-0.4, -0.2) is 11.9 Å². The molecule has 0 heterocycles. The van der Waals surface area contributed by atoms with Crippen molar-refractivity contribution in [2.24, 2.45) is 5.73 Å². The predicted octanol–water partition coefficient (Wildman–Crippen LogP) is 2.06. The van der Waals surface area contributed by atoms with Gasteiger partial charge in [-0.3, -0.25) is 4.79 Å². The van der Waals surface area contributed by atoms with Crippen LogP contribution < -0.4 is 11.1 Å². The molecule has 1 atom stereocenters. The van der Waals surface area contributed by atoms with Crippen molar-refractivity contribution in [1.29, 1.82) is 0 Å². The number of rotatable bonds is 3. The Morgan fingerprint density at radius 2 is 1.44 bits per heavy atom. The molecular formula is C10H9F5N2O. The van der Waals surface area contributed by atoms with Crippen molar-refractivity contribution < 1.29 is 26.7 Å². The molecule has 0 unspecified atom stereocenters. The fourth-order valence-corrected chi connectivity index (χ4v) is 1.12. The van der Waals surface area contributed by atoms with Gasteiger partial charge in [0.25, 0.3) is 0 Å². The van der Waals surface area contributed by atoms with Crippen molar-refractivity contribution in [3.63, 3.8) is 0 Å². The van der Waals surface area contributed by atoms with Gasteiger partial charge in [0.1, 0.15) is 5.69 Å². The molecule has 1 rings (SSSR count). The number of carbonyl (C=O) groups is 1. The highest BCUT2D eigenvalue weighted by Gasteiger charge is 2.27. The number of carbonyl (C=O) groups excluding carboxylic acids is 1. The minimum atomic E-state index is -2.29.